The summed E-state index contributed by atoms with van der Waals surface area (Å²) in [6.45, 7) is 7.88. The molecule has 1 aromatic carbocycles. The van der Waals surface area contributed by atoms with Gasteiger partial charge >= 0.3 is 0 Å². The number of benzene rings is 1. The number of nitrogens with one attached hydrogen (secondary N) is 3. The van der Waals surface area contributed by atoms with E-state index in [9.17, 15) is 19.2 Å². The van der Waals surface area contributed by atoms with Crippen LogP contribution in [0.4, 0.5) is 11.4 Å². The molecule has 2 aromatic rings. The summed E-state index contributed by atoms with van der Waals surface area (Å²) in [5.41, 5.74) is 1.25. The summed E-state index contributed by atoms with van der Waals surface area (Å²) in [6.07, 6.45) is 1.38. The van der Waals surface area contributed by atoms with E-state index >= 15 is 0 Å². The van der Waals surface area contributed by atoms with E-state index in [1.165, 1.54) is 6.07 Å². The lowest BCUT2D eigenvalue weighted by Gasteiger charge is -2.29. The van der Waals surface area contributed by atoms with Gasteiger partial charge in [-0.05, 0) is 48.1 Å². The molecule has 158 valence electrons. The van der Waals surface area contributed by atoms with Crippen molar-refractivity contribution in [1.82, 2.24) is 4.98 Å². The van der Waals surface area contributed by atoms with Crippen LogP contribution >= 0.6 is 0 Å². The summed E-state index contributed by atoms with van der Waals surface area (Å²) in [7, 11) is 0. The molecule has 1 aromatic heterocycles. The molecule has 3 rings (SSSR count). The van der Waals surface area contributed by atoms with Gasteiger partial charge in [0.2, 0.25) is 5.91 Å². The lowest BCUT2D eigenvalue weighted by molar-refractivity contribution is -0.116. The average molecular weight is 409 g/mol. The first-order valence-corrected chi connectivity index (χ1v) is 10.0. The highest BCUT2D eigenvalue weighted by Crippen LogP contribution is 2.33. The van der Waals surface area contributed by atoms with Crippen molar-refractivity contribution in [3.63, 3.8) is 0 Å². The monoisotopic (exact) mass is 409 g/mol. The Hall–Kier alpha value is -3.22. The van der Waals surface area contributed by atoms with Crippen LogP contribution in [0.15, 0.2) is 35.1 Å². The maximum atomic E-state index is 12.6. The average Bonchev–Trinajstić information content (AvgIpc) is 2.61. The molecule has 0 saturated carbocycles. The van der Waals surface area contributed by atoms with Gasteiger partial charge < -0.3 is 15.6 Å². The van der Waals surface area contributed by atoms with Crippen molar-refractivity contribution < 1.29 is 14.4 Å². The van der Waals surface area contributed by atoms with E-state index in [-0.39, 0.29) is 28.6 Å². The number of fused-ring (bicyclic) bond motifs is 1. The van der Waals surface area contributed by atoms with Crippen molar-refractivity contribution in [2.24, 2.45) is 11.3 Å². The molecule has 0 atom stereocenters. The number of aromatic nitrogens is 1. The van der Waals surface area contributed by atoms with Crippen molar-refractivity contribution >= 4 is 29.0 Å². The minimum Gasteiger partial charge on any atom is -0.326 e. The van der Waals surface area contributed by atoms with Crippen LogP contribution in [0, 0.1) is 11.3 Å². The first-order valence-electron chi connectivity index (χ1n) is 10.0. The van der Waals surface area contributed by atoms with Crippen LogP contribution in [0.1, 0.15) is 66.9 Å². The number of rotatable bonds is 5. The predicted octanol–water partition coefficient (Wildman–Crippen LogP) is 3.77. The van der Waals surface area contributed by atoms with Crippen LogP contribution in [0.3, 0.4) is 0 Å². The molecule has 1 aliphatic rings. The van der Waals surface area contributed by atoms with Gasteiger partial charge in [-0.1, -0.05) is 27.7 Å². The Morgan fingerprint density at radius 3 is 2.23 bits per heavy atom. The molecule has 0 radical (unpaired) electrons. The van der Waals surface area contributed by atoms with Crippen LogP contribution in [0.2, 0.25) is 0 Å². The summed E-state index contributed by atoms with van der Waals surface area (Å²) in [5, 5.41) is 5.46. The second-order valence-corrected chi connectivity index (χ2v) is 9.02. The molecule has 30 heavy (non-hydrogen) atoms. The smallest absolute Gasteiger partial charge is 0.261 e. The number of carbonyl (C=O) groups excluding carboxylic acids is 3. The Balaban J connectivity index is 1.74. The molecular weight excluding hydrogens is 382 g/mol. The molecule has 7 heteroatoms. The Morgan fingerprint density at radius 1 is 1.03 bits per heavy atom. The Bertz CT molecular complexity index is 1050. The Kier molecular flexibility index (Phi) is 5.92. The lowest BCUT2D eigenvalue weighted by atomic mass is 9.75. The summed E-state index contributed by atoms with van der Waals surface area (Å²) >= 11 is 0. The third kappa shape index (κ3) is 5.03. The van der Waals surface area contributed by atoms with Crippen molar-refractivity contribution in [2.75, 3.05) is 10.6 Å². The highest BCUT2D eigenvalue weighted by atomic mass is 16.2. The number of aromatic amines is 1. The van der Waals surface area contributed by atoms with E-state index in [1.54, 1.807) is 24.3 Å². The molecule has 7 nitrogen and oxygen atoms in total. The van der Waals surface area contributed by atoms with Gasteiger partial charge in [0.15, 0.2) is 5.78 Å². The number of H-pyrrole nitrogens is 1. The maximum Gasteiger partial charge on any atom is 0.261 e. The summed E-state index contributed by atoms with van der Waals surface area (Å²) in [4.78, 5) is 52.1. The SMILES string of the molecule is CC(C)CC(=O)Nc1ccc(NC(=O)c2cc3c([nH]c2=O)CC(C)(C)CC3=O)cc1. The molecule has 0 spiro atoms. The van der Waals surface area contributed by atoms with Crippen molar-refractivity contribution in [3.8, 4) is 0 Å². The van der Waals surface area contributed by atoms with Crippen molar-refractivity contribution in [2.45, 2.75) is 47.0 Å². The standard InChI is InChI=1S/C23H27N3O4/c1-13(2)9-20(28)24-14-5-7-15(8-6-14)25-21(29)17-10-16-18(26-22(17)30)11-23(3,4)12-19(16)27/h5-8,10,13H,9,11-12H2,1-4H3,(H,24,28)(H,25,29)(H,26,30). The van der Waals surface area contributed by atoms with E-state index in [4.69, 9.17) is 0 Å². The number of hydrogen-bond acceptors (Lipinski definition) is 4. The molecule has 0 unspecified atom stereocenters. The van der Waals surface area contributed by atoms with Crippen LogP contribution in [-0.4, -0.2) is 22.6 Å². The van der Waals surface area contributed by atoms with E-state index in [0.717, 1.165) is 0 Å². The molecule has 2 amide bonds. The van der Waals surface area contributed by atoms with Crippen LogP contribution in [0.25, 0.3) is 0 Å². The van der Waals surface area contributed by atoms with Gasteiger partial charge in [0.25, 0.3) is 11.5 Å². The van der Waals surface area contributed by atoms with E-state index in [1.807, 2.05) is 27.7 Å². The van der Waals surface area contributed by atoms with E-state index in [0.29, 0.717) is 41.9 Å². The van der Waals surface area contributed by atoms with Gasteiger partial charge in [0.05, 0.1) is 0 Å². The molecule has 3 N–H and O–H groups in total. The minimum absolute atomic E-state index is 0.0739. The zero-order chi connectivity index (χ0) is 22.1. The third-order valence-electron chi connectivity index (χ3n) is 4.98. The van der Waals surface area contributed by atoms with Crippen molar-refractivity contribution in [1.29, 1.82) is 0 Å². The molecule has 1 aliphatic carbocycles. The summed E-state index contributed by atoms with van der Waals surface area (Å²) in [5.74, 6) is -0.479. The number of ketones is 1. The minimum atomic E-state index is -0.590. The summed E-state index contributed by atoms with van der Waals surface area (Å²) in [6, 6.07) is 8.03. The zero-order valence-corrected chi connectivity index (χ0v) is 17.7. The van der Waals surface area contributed by atoms with Gasteiger partial charge in [0.1, 0.15) is 5.56 Å². The molecular formula is C23H27N3O4. The third-order valence-corrected chi connectivity index (χ3v) is 4.98. The van der Waals surface area contributed by atoms with E-state index < -0.39 is 11.5 Å². The largest absolute Gasteiger partial charge is 0.326 e. The number of pyridine rings is 1. The number of amides is 2. The maximum absolute atomic E-state index is 12.6. The second-order valence-electron chi connectivity index (χ2n) is 9.02. The topological polar surface area (TPSA) is 108 Å². The molecule has 0 bridgehead atoms. The fourth-order valence-corrected chi connectivity index (χ4v) is 3.61. The van der Waals surface area contributed by atoms with Crippen LogP contribution in [-0.2, 0) is 11.2 Å². The fourth-order valence-electron chi connectivity index (χ4n) is 3.61. The molecule has 0 fully saturated rings. The molecule has 0 aliphatic heterocycles. The first kappa shape index (κ1) is 21.5. The quantitative estimate of drug-likeness (QED) is 0.698. The Labute approximate surface area is 175 Å². The number of hydrogen-bond donors (Lipinski definition) is 3. The molecule has 1 heterocycles. The predicted molar refractivity (Wildman–Crippen MR) is 116 cm³/mol. The lowest BCUT2D eigenvalue weighted by Crippen LogP contribution is -2.32. The van der Waals surface area contributed by atoms with Gasteiger partial charge in [-0.15, -0.1) is 0 Å². The number of anilines is 2. The van der Waals surface area contributed by atoms with Gasteiger partial charge in [0, 0.05) is 35.5 Å². The number of Topliss-reactive ketones (excluding diaryl/α,β-unsaturated/α-hetero) is 1. The fraction of sp³-hybridized carbons (Fsp3) is 0.391. The normalized spacial score (nSPS) is 14.9. The van der Waals surface area contributed by atoms with Gasteiger partial charge in [-0.3, -0.25) is 19.2 Å². The first-order chi connectivity index (χ1) is 14.0. The highest BCUT2D eigenvalue weighted by Gasteiger charge is 2.32. The van der Waals surface area contributed by atoms with Gasteiger partial charge in [-0.25, -0.2) is 0 Å². The van der Waals surface area contributed by atoms with Crippen LogP contribution in [0.5, 0.6) is 0 Å². The Morgan fingerprint density at radius 2 is 1.63 bits per heavy atom. The van der Waals surface area contributed by atoms with Crippen LogP contribution < -0.4 is 16.2 Å². The van der Waals surface area contributed by atoms with Gasteiger partial charge in [-0.2, -0.15) is 0 Å². The van der Waals surface area contributed by atoms with E-state index in [2.05, 4.69) is 15.6 Å². The highest BCUT2D eigenvalue weighted by molar-refractivity contribution is 6.07. The van der Waals surface area contributed by atoms with Crippen molar-refractivity contribution in [3.05, 3.63) is 57.5 Å². The second kappa shape index (κ2) is 8.26. The molecule has 0 saturated heterocycles. The zero-order valence-electron chi connectivity index (χ0n) is 17.7. The summed E-state index contributed by atoms with van der Waals surface area (Å²) < 4.78 is 0. The number of carbonyl (C=O) groups is 3.